The molecule has 0 spiro atoms. The van der Waals surface area contributed by atoms with Crippen molar-refractivity contribution in [3.05, 3.63) is 84.2 Å². The Morgan fingerprint density at radius 1 is 1.03 bits per heavy atom. The van der Waals surface area contributed by atoms with Gasteiger partial charge in [-0.05, 0) is 48.4 Å². The molecule has 2 atom stereocenters. The molecule has 3 N–H and O–H groups in total. The number of aliphatic hydroxyl groups excluding tert-OH is 1. The van der Waals surface area contributed by atoms with Crippen molar-refractivity contribution in [1.82, 2.24) is 29.5 Å². The Kier molecular flexibility index (Phi) is 6.93. The molecule has 2 aromatic carbocycles. The molecule has 1 saturated heterocycles. The van der Waals surface area contributed by atoms with Gasteiger partial charge in [0, 0.05) is 38.3 Å². The first kappa shape index (κ1) is 24.7. The van der Waals surface area contributed by atoms with Crippen molar-refractivity contribution in [3.8, 4) is 11.3 Å². The summed E-state index contributed by atoms with van der Waals surface area (Å²) in [5, 5.41) is 16.1. The molecule has 2 unspecified atom stereocenters. The van der Waals surface area contributed by atoms with Gasteiger partial charge in [-0.3, -0.25) is 9.80 Å². The summed E-state index contributed by atoms with van der Waals surface area (Å²) in [5.41, 5.74) is 13.1. The van der Waals surface area contributed by atoms with E-state index < -0.39 is 6.23 Å². The molecule has 0 bridgehead atoms. The van der Waals surface area contributed by atoms with Gasteiger partial charge in [0.1, 0.15) is 24.1 Å². The molecule has 2 aliphatic heterocycles. The normalized spacial score (nSPS) is 19.7. The van der Waals surface area contributed by atoms with Crippen molar-refractivity contribution >= 4 is 16.9 Å². The van der Waals surface area contributed by atoms with Crippen LogP contribution in [0.3, 0.4) is 0 Å². The molecule has 0 aliphatic carbocycles. The molecule has 0 amide bonds. The van der Waals surface area contributed by atoms with E-state index in [4.69, 9.17) is 10.8 Å². The number of rotatable bonds is 6. The van der Waals surface area contributed by atoms with Crippen molar-refractivity contribution in [2.24, 2.45) is 0 Å². The predicted octanol–water partition coefficient (Wildman–Crippen LogP) is 3.82. The molecule has 0 radical (unpaired) electrons. The Morgan fingerprint density at radius 2 is 1.76 bits per heavy atom. The molecule has 8 heteroatoms. The highest BCUT2D eigenvalue weighted by Gasteiger charge is 2.28. The maximum atomic E-state index is 10.3. The second-order valence-electron chi connectivity index (χ2n) is 10.4. The molecule has 6 rings (SSSR count). The zero-order valence-corrected chi connectivity index (χ0v) is 21.7. The van der Waals surface area contributed by atoms with Crippen molar-refractivity contribution < 1.29 is 5.11 Å². The van der Waals surface area contributed by atoms with E-state index in [-0.39, 0.29) is 6.04 Å². The zero-order valence-electron chi connectivity index (χ0n) is 21.7. The molecule has 4 heterocycles. The van der Waals surface area contributed by atoms with Gasteiger partial charge in [0.05, 0.1) is 11.4 Å². The van der Waals surface area contributed by atoms with E-state index in [9.17, 15) is 5.11 Å². The first-order valence-electron chi connectivity index (χ1n) is 13.5. The first-order chi connectivity index (χ1) is 18.6. The number of nitrogen functional groups attached to an aromatic ring is 1. The number of likely N-dealkylation sites (tertiary alicyclic amines) is 1. The number of piperidine rings is 1. The summed E-state index contributed by atoms with van der Waals surface area (Å²) in [5.74, 6) is 0.434. The Morgan fingerprint density at radius 3 is 2.47 bits per heavy atom. The van der Waals surface area contributed by atoms with Gasteiger partial charge in [-0.25, -0.2) is 14.6 Å². The highest BCUT2D eigenvalue weighted by molar-refractivity contribution is 5.98. The van der Waals surface area contributed by atoms with Crippen LogP contribution in [0, 0.1) is 0 Å². The fraction of sp³-hybridized carbons (Fsp3) is 0.367. The Balaban J connectivity index is 1.24. The van der Waals surface area contributed by atoms with Crippen molar-refractivity contribution in [2.75, 3.05) is 31.9 Å². The Labute approximate surface area is 223 Å². The van der Waals surface area contributed by atoms with Crippen LogP contribution in [-0.2, 0) is 19.4 Å². The third-order valence-electron chi connectivity index (χ3n) is 8.02. The van der Waals surface area contributed by atoms with E-state index >= 15 is 0 Å². The molecule has 2 aromatic heterocycles. The van der Waals surface area contributed by atoms with Gasteiger partial charge in [-0.15, -0.1) is 0 Å². The van der Waals surface area contributed by atoms with Gasteiger partial charge in [0.15, 0.2) is 5.65 Å². The lowest BCUT2D eigenvalue weighted by Gasteiger charge is -2.34. The molecule has 1 fully saturated rings. The van der Waals surface area contributed by atoms with Crippen LogP contribution in [0.1, 0.15) is 35.6 Å². The van der Waals surface area contributed by atoms with Gasteiger partial charge in [-0.1, -0.05) is 55.1 Å². The molecule has 38 heavy (non-hydrogen) atoms. The third kappa shape index (κ3) is 4.82. The lowest BCUT2D eigenvalue weighted by molar-refractivity contribution is 0.0127. The molecule has 196 valence electrons. The highest BCUT2D eigenvalue weighted by Crippen LogP contribution is 2.34. The first-order valence-corrected chi connectivity index (χ1v) is 13.5. The largest absolute Gasteiger partial charge is 0.383 e. The molecular formula is C30H35N7O. The number of fused-ring (bicyclic) bond motifs is 2. The second-order valence-corrected chi connectivity index (χ2v) is 10.4. The summed E-state index contributed by atoms with van der Waals surface area (Å²) in [6.07, 6.45) is 6.52. The quantitative estimate of drug-likeness (QED) is 0.382. The maximum absolute atomic E-state index is 10.3. The summed E-state index contributed by atoms with van der Waals surface area (Å²) in [6, 6.07) is 17.6. The number of anilines is 1. The van der Waals surface area contributed by atoms with Crippen LogP contribution < -0.4 is 5.73 Å². The van der Waals surface area contributed by atoms with Crippen LogP contribution in [0.15, 0.2) is 67.5 Å². The fourth-order valence-electron chi connectivity index (χ4n) is 5.92. The zero-order chi connectivity index (χ0) is 26.1. The van der Waals surface area contributed by atoms with Crippen LogP contribution in [0.5, 0.6) is 0 Å². The number of benzene rings is 2. The van der Waals surface area contributed by atoms with Crippen LogP contribution in [-0.4, -0.2) is 67.1 Å². The number of aliphatic hydroxyl groups is 1. The summed E-state index contributed by atoms with van der Waals surface area (Å²) in [6.45, 7) is 8.31. The smallest absolute Gasteiger partial charge is 0.164 e. The second kappa shape index (κ2) is 10.6. The lowest BCUT2D eigenvalue weighted by atomic mass is 10.0. The summed E-state index contributed by atoms with van der Waals surface area (Å²) >= 11 is 0. The van der Waals surface area contributed by atoms with E-state index in [1.165, 1.54) is 23.0 Å². The standard InChI is InChI=1S/C30H35N7O/c1-2-26(38)36-15-5-8-25(19-36)37-30-27(29(31)32-20-33-30)28(34-37)24-11-9-21(10-12-24)18-35-16-13-22-6-3-4-7-23(22)14-17-35/h2-4,6-7,9-12,20,25-26,38H,1,5,8,13-19H2,(H2,31,32,33). The van der Waals surface area contributed by atoms with Crippen LogP contribution in [0.4, 0.5) is 5.82 Å². The van der Waals surface area contributed by atoms with Gasteiger partial charge in [0.2, 0.25) is 0 Å². The van der Waals surface area contributed by atoms with E-state index in [1.54, 1.807) is 6.08 Å². The number of nitrogens with two attached hydrogens (primary N) is 1. The van der Waals surface area contributed by atoms with E-state index in [0.717, 1.165) is 74.2 Å². The van der Waals surface area contributed by atoms with Crippen molar-refractivity contribution in [3.63, 3.8) is 0 Å². The summed E-state index contributed by atoms with van der Waals surface area (Å²) in [4.78, 5) is 13.4. The lowest BCUT2D eigenvalue weighted by Crippen LogP contribution is -2.42. The van der Waals surface area contributed by atoms with Gasteiger partial charge in [-0.2, -0.15) is 5.10 Å². The van der Waals surface area contributed by atoms with Crippen LogP contribution in [0.25, 0.3) is 22.3 Å². The minimum absolute atomic E-state index is 0.0790. The van der Waals surface area contributed by atoms with Gasteiger partial charge >= 0.3 is 0 Å². The summed E-state index contributed by atoms with van der Waals surface area (Å²) < 4.78 is 1.98. The molecule has 2 aliphatic rings. The van der Waals surface area contributed by atoms with E-state index in [2.05, 4.69) is 70.0 Å². The van der Waals surface area contributed by atoms with Gasteiger partial charge < -0.3 is 10.8 Å². The minimum Gasteiger partial charge on any atom is -0.383 e. The number of aromatic nitrogens is 4. The number of hydrogen-bond donors (Lipinski definition) is 2. The van der Waals surface area contributed by atoms with Crippen molar-refractivity contribution in [1.29, 1.82) is 0 Å². The van der Waals surface area contributed by atoms with Crippen molar-refractivity contribution in [2.45, 2.75) is 44.5 Å². The Bertz CT molecular complexity index is 1400. The summed E-state index contributed by atoms with van der Waals surface area (Å²) in [7, 11) is 0. The maximum Gasteiger partial charge on any atom is 0.164 e. The average Bonchev–Trinajstić information content (AvgIpc) is 3.24. The number of nitrogens with zero attached hydrogens (tertiary/aromatic N) is 6. The molecular weight excluding hydrogens is 474 g/mol. The number of hydrogen-bond acceptors (Lipinski definition) is 7. The third-order valence-corrected chi connectivity index (χ3v) is 8.02. The SMILES string of the molecule is C=CC(O)N1CCCC(n2nc(-c3ccc(CN4CCc5ccccc5CC4)cc3)c3c(N)ncnc32)C1. The topological polar surface area (TPSA) is 96.3 Å². The molecule has 0 saturated carbocycles. The van der Waals surface area contributed by atoms with Crippen LogP contribution in [0.2, 0.25) is 0 Å². The Hall–Kier alpha value is -3.59. The van der Waals surface area contributed by atoms with Gasteiger partial charge in [0.25, 0.3) is 0 Å². The predicted molar refractivity (Wildman–Crippen MR) is 150 cm³/mol. The molecule has 8 nitrogen and oxygen atoms in total. The van der Waals surface area contributed by atoms with E-state index in [0.29, 0.717) is 12.4 Å². The fourth-order valence-corrected chi connectivity index (χ4v) is 5.92. The molecule has 4 aromatic rings. The highest BCUT2D eigenvalue weighted by atomic mass is 16.3. The van der Waals surface area contributed by atoms with Crippen LogP contribution >= 0.6 is 0 Å². The average molecular weight is 510 g/mol. The minimum atomic E-state index is -0.662. The van der Waals surface area contributed by atoms with E-state index in [1.807, 2.05) is 9.58 Å². The monoisotopic (exact) mass is 509 g/mol.